The molecule has 3 aromatic rings. The second kappa shape index (κ2) is 37.0. The highest BCUT2D eigenvalue weighted by molar-refractivity contribution is 6.01. The minimum absolute atomic E-state index is 0.0186. The number of amides is 8. The van der Waals surface area contributed by atoms with E-state index in [1.807, 2.05) is 44.2 Å². The Morgan fingerprint density at radius 2 is 1.19 bits per heavy atom. The van der Waals surface area contributed by atoms with E-state index in [9.17, 15) is 63.0 Å². The van der Waals surface area contributed by atoms with Crippen molar-refractivity contribution in [3.05, 3.63) is 90.1 Å². The summed E-state index contributed by atoms with van der Waals surface area (Å²) in [6, 6.07) is 10.4. The smallest absolute Gasteiger partial charge is 0.245 e. The summed E-state index contributed by atoms with van der Waals surface area (Å²) in [6.45, 7) is 4.68. The summed E-state index contributed by atoms with van der Waals surface area (Å²) in [7, 11) is 0. The van der Waals surface area contributed by atoms with Crippen molar-refractivity contribution in [1.82, 2.24) is 47.5 Å². The number of carbonyl (C=O) groups is 11. The minimum atomic E-state index is -1.68. The van der Waals surface area contributed by atoms with Gasteiger partial charge in [0.1, 0.15) is 36.3 Å². The maximum atomic E-state index is 14.6. The van der Waals surface area contributed by atoms with Gasteiger partial charge in [0.2, 0.25) is 47.3 Å². The fourth-order valence-corrected chi connectivity index (χ4v) is 10.0. The summed E-state index contributed by atoms with van der Waals surface area (Å²) in [4.78, 5) is 160. The third kappa shape index (κ3) is 23.0. The van der Waals surface area contributed by atoms with Gasteiger partial charge in [0.25, 0.3) is 0 Å². The molecule has 1 fully saturated rings. The maximum absolute atomic E-state index is 14.6. The van der Waals surface area contributed by atoms with Crippen molar-refractivity contribution >= 4 is 64.6 Å². The van der Waals surface area contributed by atoms with E-state index >= 15 is 0 Å². The van der Waals surface area contributed by atoms with Crippen LogP contribution in [0.4, 0.5) is 0 Å². The largest absolute Gasteiger partial charge is 0.391 e. The second-order valence-electron chi connectivity index (χ2n) is 22.6. The van der Waals surface area contributed by atoms with E-state index < -0.39 is 169 Å². The zero-order valence-electron chi connectivity index (χ0n) is 50.5. The summed E-state index contributed by atoms with van der Waals surface area (Å²) in [5.41, 5.74) is 31.9. The second-order valence-corrected chi connectivity index (χ2v) is 22.6. The number of nitrogens with zero attached hydrogens (tertiary/aromatic N) is 1. The molecule has 0 saturated carbocycles. The molecule has 27 nitrogen and oxygen atoms in total. The van der Waals surface area contributed by atoms with E-state index in [1.165, 1.54) is 26.1 Å². The lowest BCUT2D eigenvalue weighted by Crippen LogP contribution is -2.60. The van der Waals surface area contributed by atoms with Crippen LogP contribution in [-0.4, -0.2) is 174 Å². The lowest BCUT2D eigenvalue weighted by molar-refractivity contribution is -0.136. The Hall–Kier alpha value is -7.92. The molecule has 0 bridgehead atoms. The lowest BCUT2D eigenvalue weighted by Gasteiger charge is -2.28. The first kappa shape index (κ1) is 72.6. The standard InChI is InChI=1S/C61H90N14O13/c1-34(2)27-41-31-50(79)48(28-37-11-7-5-8-12-37)73-58(85)44(17-23-64)71-59(86)46(20-26-68-61(88)53(36(4)77)75-60(87)45(18-24-65)72-57(84)43(16-22-63)69-55(41)82)70-56(83)42(33-66)32-51(80)52(35(3)76)74-54(81)40(15-21-62)30-49(78)39-19-25-67-47(29-39)38-13-9-6-10-14-38/h5-14,19,25,29,34-36,40-46,48,52-53,76-77H,15-18,20-24,26-28,30-33,62-66H2,1-4H3,(H,68,88)(H,69,82)(H,70,83)(H,71,86)(H,72,84)(H,73,85)(H,74,81)(H,75,87)/t35-,36-,40-,41-,42-,43+,44+,45+,46+,48-,52+,53+/m1/s1. The van der Waals surface area contributed by atoms with Crippen LogP contribution in [0.25, 0.3) is 11.3 Å². The summed E-state index contributed by atoms with van der Waals surface area (Å²) in [6.07, 6.45) is -3.89. The van der Waals surface area contributed by atoms with Gasteiger partial charge >= 0.3 is 0 Å². The number of aliphatic hydroxyl groups is 2. The van der Waals surface area contributed by atoms with E-state index in [0.717, 1.165) is 5.56 Å². The molecule has 27 heteroatoms. The first-order valence-electron chi connectivity index (χ1n) is 29.9. The molecule has 2 aromatic carbocycles. The Morgan fingerprint density at radius 1 is 0.636 bits per heavy atom. The number of carbonyl (C=O) groups excluding carboxylic acids is 11. The molecule has 20 N–H and O–H groups in total. The van der Waals surface area contributed by atoms with E-state index in [2.05, 4.69) is 47.5 Å². The summed E-state index contributed by atoms with van der Waals surface area (Å²) >= 11 is 0. The molecular formula is C61H90N14O13. The molecule has 1 saturated heterocycles. The zero-order chi connectivity index (χ0) is 65.0. The van der Waals surface area contributed by atoms with Crippen molar-refractivity contribution in [2.45, 2.75) is 146 Å². The summed E-state index contributed by atoms with van der Waals surface area (Å²) in [5, 5.41) is 42.3. The average Bonchev–Trinajstić information content (AvgIpc) is 2.35. The van der Waals surface area contributed by atoms with Crippen molar-refractivity contribution in [3.63, 3.8) is 0 Å². The van der Waals surface area contributed by atoms with Crippen LogP contribution in [0.3, 0.4) is 0 Å². The van der Waals surface area contributed by atoms with Crippen LogP contribution in [-0.2, 0) is 54.4 Å². The number of pyridine rings is 1. The maximum Gasteiger partial charge on any atom is 0.245 e. The first-order valence-corrected chi connectivity index (χ1v) is 29.9. The van der Waals surface area contributed by atoms with Gasteiger partial charge in [0, 0.05) is 61.5 Å². The zero-order valence-corrected chi connectivity index (χ0v) is 50.5. The SMILES string of the molecule is CC(C)C[C@@H]1CC(=O)[C@@H](Cc2ccccc2)NC(=O)[C@H](CCN)NC(=O)[C@@H](NC(=O)[C@@H](CN)CC(=O)[C@@H](NC(=O)[C@H](CCN)CC(=O)c2ccnc(-c3ccccc3)c2)[C@@H](C)O)CCNC(=O)[C@H]([C@@H](C)O)NC(=O)[C@H](CCN)NC(=O)[C@H](CCN)NC1=O. The van der Waals surface area contributed by atoms with Gasteiger partial charge in [-0.1, -0.05) is 74.5 Å². The quantitative estimate of drug-likeness (QED) is 0.0367. The van der Waals surface area contributed by atoms with Crippen LogP contribution < -0.4 is 71.2 Å². The molecule has 2 heterocycles. The van der Waals surface area contributed by atoms with Gasteiger partial charge < -0.3 is 81.4 Å². The fraction of sp³-hybridized carbons (Fsp3) is 0.541. The van der Waals surface area contributed by atoms with Crippen LogP contribution in [0, 0.1) is 23.7 Å². The molecule has 1 aliphatic heterocycles. The number of rotatable bonds is 26. The van der Waals surface area contributed by atoms with Crippen molar-refractivity contribution in [2.75, 3.05) is 39.3 Å². The van der Waals surface area contributed by atoms with E-state index in [1.54, 1.807) is 36.4 Å². The van der Waals surface area contributed by atoms with Gasteiger partial charge in [-0.25, -0.2) is 0 Å². The van der Waals surface area contributed by atoms with Crippen LogP contribution >= 0.6 is 0 Å². The van der Waals surface area contributed by atoms with Crippen molar-refractivity contribution in [2.24, 2.45) is 52.3 Å². The van der Waals surface area contributed by atoms with Crippen LogP contribution in [0.5, 0.6) is 0 Å². The predicted octanol–water partition coefficient (Wildman–Crippen LogP) is -2.59. The Labute approximate surface area is 512 Å². The molecule has 0 spiro atoms. The van der Waals surface area contributed by atoms with Gasteiger partial charge in [-0.2, -0.15) is 0 Å². The van der Waals surface area contributed by atoms with Crippen LogP contribution in [0.2, 0.25) is 0 Å². The number of hydrogen-bond donors (Lipinski definition) is 15. The highest BCUT2D eigenvalue weighted by atomic mass is 16.3. The first-order chi connectivity index (χ1) is 41.9. The Kier molecular flexibility index (Phi) is 30.5. The number of Topliss-reactive ketones (excluding diaryl/α,β-unsaturated/α-hetero) is 3. The van der Waals surface area contributed by atoms with Crippen LogP contribution in [0.1, 0.15) is 101 Å². The van der Waals surface area contributed by atoms with E-state index in [4.69, 9.17) is 28.7 Å². The number of aliphatic hydroxyl groups excluding tert-OH is 2. The number of aromatic nitrogens is 1. The Bertz CT molecular complexity index is 2830. The molecule has 88 heavy (non-hydrogen) atoms. The molecule has 0 unspecified atom stereocenters. The van der Waals surface area contributed by atoms with Crippen molar-refractivity contribution < 1.29 is 63.0 Å². The van der Waals surface area contributed by atoms with Crippen molar-refractivity contribution in [1.29, 1.82) is 0 Å². The number of nitrogens with two attached hydrogens (primary N) is 5. The number of nitrogens with one attached hydrogen (secondary N) is 8. The van der Waals surface area contributed by atoms with Crippen LogP contribution in [0.15, 0.2) is 79.0 Å². The summed E-state index contributed by atoms with van der Waals surface area (Å²) in [5.74, 6) is -12.7. The number of benzene rings is 2. The fourth-order valence-electron chi connectivity index (χ4n) is 10.0. The molecule has 4 rings (SSSR count). The number of ketones is 3. The van der Waals surface area contributed by atoms with Gasteiger partial charge in [0.15, 0.2) is 17.3 Å². The van der Waals surface area contributed by atoms with E-state index in [-0.39, 0.29) is 82.6 Å². The summed E-state index contributed by atoms with van der Waals surface area (Å²) < 4.78 is 0. The monoisotopic (exact) mass is 1230 g/mol. The lowest BCUT2D eigenvalue weighted by atomic mass is 9.88. The topological polar surface area (TPSA) is 467 Å². The Morgan fingerprint density at radius 3 is 1.74 bits per heavy atom. The number of hydrogen-bond acceptors (Lipinski definition) is 19. The predicted molar refractivity (Wildman–Crippen MR) is 326 cm³/mol. The average molecular weight is 1230 g/mol. The molecule has 12 atom stereocenters. The molecule has 0 aliphatic carbocycles. The molecule has 482 valence electrons. The molecule has 1 aliphatic rings. The van der Waals surface area contributed by atoms with E-state index in [0.29, 0.717) is 11.3 Å². The van der Waals surface area contributed by atoms with Gasteiger partial charge in [0.05, 0.1) is 29.9 Å². The van der Waals surface area contributed by atoms with Gasteiger partial charge in [-0.3, -0.25) is 57.7 Å². The molecular weight excluding hydrogens is 1140 g/mol. The minimum Gasteiger partial charge on any atom is -0.391 e. The normalized spacial score (nSPS) is 22.2. The third-order valence-electron chi connectivity index (χ3n) is 15.0. The van der Waals surface area contributed by atoms with Crippen molar-refractivity contribution in [3.8, 4) is 11.3 Å². The Balaban J connectivity index is 1.68. The highest BCUT2D eigenvalue weighted by Gasteiger charge is 2.38. The van der Waals surface area contributed by atoms with Gasteiger partial charge in [-0.15, -0.1) is 0 Å². The highest BCUT2D eigenvalue weighted by Crippen LogP contribution is 2.22. The molecule has 0 radical (unpaired) electrons. The molecule has 8 amide bonds. The third-order valence-corrected chi connectivity index (χ3v) is 15.0. The van der Waals surface area contributed by atoms with Gasteiger partial charge in [-0.05, 0) is 109 Å². The molecule has 1 aromatic heterocycles.